The van der Waals surface area contributed by atoms with Gasteiger partial charge in [-0.2, -0.15) is 0 Å². The molecule has 1 atom stereocenters. The Morgan fingerprint density at radius 1 is 1.30 bits per heavy atom. The molecule has 0 amide bonds. The van der Waals surface area contributed by atoms with Crippen molar-refractivity contribution in [3.05, 3.63) is 57.2 Å². The summed E-state index contributed by atoms with van der Waals surface area (Å²) in [6, 6.07) is 7.84. The van der Waals surface area contributed by atoms with E-state index in [2.05, 4.69) is 43.1 Å². The Morgan fingerprint density at radius 2 is 2.05 bits per heavy atom. The van der Waals surface area contributed by atoms with E-state index in [1.807, 2.05) is 30.5 Å². The minimum Gasteiger partial charge on any atom is -0.377 e. The second-order valence-corrected chi connectivity index (χ2v) is 5.46. The summed E-state index contributed by atoms with van der Waals surface area (Å²) in [6.07, 6.45) is 3.59. The fourth-order valence-corrected chi connectivity index (χ4v) is 2.57. The molecular weight excluding hydrogens is 320 g/mol. The molecule has 3 aromatic rings. The number of anilines is 1. The molecule has 3 N–H and O–H groups in total. The van der Waals surface area contributed by atoms with Crippen LogP contribution in [0.15, 0.2) is 45.9 Å². The molecule has 0 aliphatic heterocycles. The van der Waals surface area contributed by atoms with E-state index in [1.165, 1.54) is 0 Å². The number of nitrogens with one attached hydrogen (secondary N) is 3. The molecule has 1 aromatic carbocycles. The van der Waals surface area contributed by atoms with Gasteiger partial charge in [0.1, 0.15) is 0 Å². The normalized spacial score (nSPS) is 12.5. The van der Waals surface area contributed by atoms with Gasteiger partial charge in [-0.15, -0.1) is 0 Å². The number of imidazole rings is 1. The lowest BCUT2D eigenvalue weighted by molar-refractivity contribution is 0.875. The van der Waals surface area contributed by atoms with Crippen molar-refractivity contribution in [1.82, 2.24) is 15.0 Å². The number of pyridine rings is 1. The number of H-pyrrole nitrogens is 2. The Balaban J connectivity index is 1.94. The van der Waals surface area contributed by atoms with Gasteiger partial charge >= 0.3 is 5.69 Å². The van der Waals surface area contributed by atoms with Crippen molar-refractivity contribution in [2.75, 3.05) is 5.32 Å². The Morgan fingerprint density at radius 3 is 2.75 bits per heavy atom. The lowest BCUT2D eigenvalue weighted by atomic mass is 10.1. The summed E-state index contributed by atoms with van der Waals surface area (Å²) in [4.78, 5) is 20.9. The lowest BCUT2D eigenvalue weighted by Gasteiger charge is -2.16. The molecule has 3 rings (SSSR count). The molecule has 2 heterocycles. The lowest BCUT2D eigenvalue weighted by Crippen LogP contribution is -2.07. The number of aromatic nitrogens is 3. The van der Waals surface area contributed by atoms with E-state index in [4.69, 9.17) is 0 Å². The molecule has 2 aromatic heterocycles. The first-order valence-electron chi connectivity index (χ1n) is 6.21. The first-order valence-corrected chi connectivity index (χ1v) is 7.01. The smallest absolute Gasteiger partial charge is 0.323 e. The van der Waals surface area contributed by atoms with Crippen LogP contribution in [0.1, 0.15) is 18.5 Å². The number of rotatable bonds is 3. The molecule has 0 bridgehead atoms. The highest BCUT2D eigenvalue weighted by Gasteiger charge is 2.10. The second-order valence-electron chi connectivity index (χ2n) is 4.61. The number of fused-ring (bicyclic) bond motifs is 1. The molecule has 6 heteroatoms. The van der Waals surface area contributed by atoms with Gasteiger partial charge in [0, 0.05) is 16.9 Å². The molecule has 0 fully saturated rings. The summed E-state index contributed by atoms with van der Waals surface area (Å²) < 4.78 is 0.899. The molecule has 0 spiro atoms. The fourth-order valence-electron chi connectivity index (χ4n) is 2.12. The van der Waals surface area contributed by atoms with E-state index in [0.717, 1.165) is 26.8 Å². The average molecular weight is 333 g/mol. The highest BCUT2D eigenvalue weighted by Crippen LogP contribution is 2.29. The Bertz CT molecular complexity index is 794. The summed E-state index contributed by atoms with van der Waals surface area (Å²) in [7, 11) is 0. The van der Waals surface area contributed by atoms with Gasteiger partial charge in [0.25, 0.3) is 0 Å². The molecule has 0 saturated heterocycles. The van der Waals surface area contributed by atoms with Crippen molar-refractivity contribution < 1.29 is 0 Å². The topological polar surface area (TPSA) is 73.6 Å². The number of hydrogen-bond donors (Lipinski definition) is 3. The first kappa shape index (κ1) is 12.9. The van der Waals surface area contributed by atoms with E-state index < -0.39 is 0 Å². The van der Waals surface area contributed by atoms with Gasteiger partial charge < -0.3 is 15.3 Å². The van der Waals surface area contributed by atoms with Crippen LogP contribution in [-0.4, -0.2) is 15.0 Å². The highest BCUT2D eigenvalue weighted by molar-refractivity contribution is 9.10. The largest absolute Gasteiger partial charge is 0.377 e. The molecule has 102 valence electrons. The van der Waals surface area contributed by atoms with Crippen LogP contribution >= 0.6 is 15.9 Å². The zero-order valence-electron chi connectivity index (χ0n) is 10.8. The third-order valence-corrected chi connectivity index (χ3v) is 3.82. The van der Waals surface area contributed by atoms with Crippen molar-refractivity contribution in [2.24, 2.45) is 0 Å². The van der Waals surface area contributed by atoms with E-state index in [-0.39, 0.29) is 11.7 Å². The third-order valence-electron chi connectivity index (χ3n) is 3.16. The maximum atomic E-state index is 11.3. The van der Waals surface area contributed by atoms with E-state index in [1.54, 1.807) is 6.20 Å². The number of benzene rings is 1. The third kappa shape index (κ3) is 2.46. The summed E-state index contributed by atoms with van der Waals surface area (Å²) in [5.41, 5.74) is 3.37. The van der Waals surface area contributed by atoms with Gasteiger partial charge in [-0.05, 0) is 46.6 Å². The number of halogens is 1. The monoisotopic (exact) mass is 332 g/mol. The van der Waals surface area contributed by atoms with Gasteiger partial charge in [-0.3, -0.25) is 4.98 Å². The van der Waals surface area contributed by atoms with Crippen LogP contribution in [0.5, 0.6) is 0 Å². The minimum atomic E-state index is -0.204. The molecule has 20 heavy (non-hydrogen) atoms. The van der Waals surface area contributed by atoms with Crippen LogP contribution in [0.3, 0.4) is 0 Å². The van der Waals surface area contributed by atoms with Crippen LogP contribution in [0.2, 0.25) is 0 Å². The maximum absolute atomic E-state index is 11.3. The first-order chi connectivity index (χ1) is 9.63. The van der Waals surface area contributed by atoms with Crippen LogP contribution in [-0.2, 0) is 0 Å². The molecule has 5 nitrogen and oxygen atoms in total. The van der Waals surface area contributed by atoms with E-state index in [0.29, 0.717) is 0 Å². The molecule has 0 aliphatic rings. The predicted octanol–water partition coefficient (Wildman–Crippen LogP) is 3.19. The summed E-state index contributed by atoms with van der Waals surface area (Å²) in [5.74, 6) is 0. The van der Waals surface area contributed by atoms with Gasteiger partial charge in [0.05, 0.1) is 22.8 Å². The van der Waals surface area contributed by atoms with Crippen LogP contribution < -0.4 is 11.0 Å². The summed E-state index contributed by atoms with van der Waals surface area (Å²) >= 11 is 3.51. The van der Waals surface area contributed by atoms with Crippen molar-refractivity contribution >= 4 is 32.7 Å². The number of nitrogens with zero attached hydrogens (tertiary/aromatic N) is 1. The second kappa shape index (κ2) is 5.13. The maximum Gasteiger partial charge on any atom is 0.323 e. The SMILES string of the molecule is CC(Nc1cc2[nH]c(=O)[nH]c2cc1Br)c1cccnc1. The van der Waals surface area contributed by atoms with E-state index in [9.17, 15) is 4.79 Å². The zero-order valence-corrected chi connectivity index (χ0v) is 12.4. The van der Waals surface area contributed by atoms with Crippen LogP contribution in [0.4, 0.5) is 5.69 Å². The number of aromatic amines is 2. The van der Waals surface area contributed by atoms with Gasteiger partial charge in [-0.1, -0.05) is 6.07 Å². The van der Waals surface area contributed by atoms with Gasteiger partial charge in [0.2, 0.25) is 0 Å². The Labute approximate surface area is 123 Å². The average Bonchev–Trinajstić information content (AvgIpc) is 2.79. The molecule has 0 aliphatic carbocycles. The summed E-state index contributed by atoms with van der Waals surface area (Å²) in [6.45, 7) is 2.06. The Kier molecular flexibility index (Phi) is 3.31. The van der Waals surface area contributed by atoms with Crippen molar-refractivity contribution in [3.63, 3.8) is 0 Å². The minimum absolute atomic E-state index is 0.114. The zero-order chi connectivity index (χ0) is 14.1. The van der Waals surface area contributed by atoms with Gasteiger partial charge in [-0.25, -0.2) is 4.79 Å². The highest BCUT2D eigenvalue weighted by atomic mass is 79.9. The van der Waals surface area contributed by atoms with E-state index >= 15 is 0 Å². The predicted molar refractivity (Wildman–Crippen MR) is 82.9 cm³/mol. The van der Waals surface area contributed by atoms with Crippen LogP contribution in [0.25, 0.3) is 11.0 Å². The van der Waals surface area contributed by atoms with Gasteiger partial charge in [0.15, 0.2) is 0 Å². The molecule has 0 radical (unpaired) electrons. The molecule has 0 saturated carbocycles. The van der Waals surface area contributed by atoms with Crippen molar-refractivity contribution in [2.45, 2.75) is 13.0 Å². The molecule has 1 unspecified atom stereocenters. The van der Waals surface area contributed by atoms with Crippen molar-refractivity contribution in [1.29, 1.82) is 0 Å². The Hall–Kier alpha value is -2.08. The van der Waals surface area contributed by atoms with Crippen molar-refractivity contribution in [3.8, 4) is 0 Å². The molecular formula is C14H13BrN4O. The summed E-state index contributed by atoms with van der Waals surface area (Å²) in [5, 5.41) is 3.41. The fraction of sp³-hybridized carbons (Fsp3) is 0.143. The number of hydrogen-bond acceptors (Lipinski definition) is 3. The standard InChI is InChI=1S/C14H13BrN4O/c1-8(9-3-2-4-16-7-9)17-11-6-13-12(5-10(11)15)18-14(20)19-13/h2-8,17H,1H3,(H2,18,19,20). The van der Waals surface area contributed by atoms with Crippen LogP contribution in [0, 0.1) is 0 Å². The quantitative estimate of drug-likeness (QED) is 0.689.